The first-order valence-corrected chi connectivity index (χ1v) is 11.1. The van der Waals surface area contributed by atoms with E-state index in [-0.39, 0.29) is 34.8 Å². The van der Waals surface area contributed by atoms with Crippen LogP contribution in [0.1, 0.15) is 24.2 Å². The predicted molar refractivity (Wildman–Crippen MR) is 111 cm³/mol. The maximum Gasteiger partial charge on any atom is 0.253 e. The fraction of sp³-hybridized carbons (Fsp3) is 0.300. The number of sulfone groups is 1. The molecule has 0 bridgehead atoms. The van der Waals surface area contributed by atoms with Crippen LogP contribution in [0.25, 0.3) is 0 Å². The van der Waals surface area contributed by atoms with E-state index >= 15 is 0 Å². The molecular formula is C20H24N4O5S. The van der Waals surface area contributed by atoms with Crippen molar-refractivity contribution >= 4 is 15.7 Å². The highest BCUT2D eigenvalue weighted by molar-refractivity contribution is 7.90. The number of carbonyl (C=O) groups excluding carboxylic acids is 1. The van der Waals surface area contributed by atoms with Crippen molar-refractivity contribution in [2.75, 3.05) is 13.3 Å². The second kappa shape index (κ2) is 8.72. The largest absolute Gasteiger partial charge is 0.475 e. The van der Waals surface area contributed by atoms with Crippen molar-refractivity contribution in [3.05, 3.63) is 54.2 Å². The summed E-state index contributed by atoms with van der Waals surface area (Å²) >= 11 is 0. The summed E-state index contributed by atoms with van der Waals surface area (Å²) in [5, 5.41) is 4.61. The molecule has 0 aliphatic carbocycles. The Labute approximate surface area is 175 Å². The van der Waals surface area contributed by atoms with Gasteiger partial charge in [0.2, 0.25) is 11.8 Å². The van der Waals surface area contributed by atoms with Crippen molar-refractivity contribution in [2.24, 2.45) is 0 Å². The Morgan fingerprint density at radius 3 is 2.43 bits per heavy atom. The molecule has 1 aliphatic heterocycles. The number of hydrogen-bond donors (Lipinski definition) is 2. The van der Waals surface area contributed by atoms with Gasteiger partial charge >= 0.3 is 0 Å². The number of aromatic nitrogens is 1. The Morgan fingerprint density at radius 2 is 1.87 bits per heavy atom. The highest BCUT2D eigenvalue weighted by atomic mass is 32.2. The van der Waals surface area contributed by atoms with Crippen LogP contribution in [-0.2, 0) is 9.84 Å². The first-order valence-electron chi connectivity index (χ1n) is 9.25. The summed E-state index contributed by atoms with van der Waals surface area (Å²) in [6.07, 6.45) is 4.23. The van der Waals surface area contributed by atoms with Gasteiger partial charge in [-0.1, -0.05) is 0 Å². The number of hydrazine groups is 1. The zero-order valence-electron chi connectivity index (χ0n) is 17.1. The minimum Gasteiger partial charge on any atom is -0.475 e. The molecule has 0 saturated heterocycles. The lowest BCUT2D eigenvalue weighted by Gasteiger charge is -2.20. The Kier molecular flexibility index (Phi) is 6.28. The van der Waals surface area contributed by atoms with Crippen molar-refractivity contribution in [1.82, 2.24) is 20.7 Å². The van der Waals surface area contributed by atoms with Gasteiger partial charge in [-0.3, -0.25) is 4.79 Å². The van der Waals surface area contributed by atoms with Crippen LogP contribution in [0.2, 0.25) is 0 Å². The van der Waals surface area contributed by atoms with Gasteiger partial charge in [-0.2, -0.15) is 4.98 Å². The van der Waals surface area contributed by atoms with Crippen LogP contribution >= 0.6 is 0 Å². The third-order valence-electron chi connectivity index (χ3n) is 4.12. The van der Waals surface area contributed by atoms with Crippen LogP contribution in [0.3, 0.4) is 0 Å². The fourth-order valence-corrected chi connectivity index (χ4v) is 3.30. The van der Waals surface area contributed by atoms with E-state index in [0.717, 1.165) is 6.26 Å². The summed E-state index contributed by atoms with van der Waals surface area (Å²) in [4.78, 5) is 17.2. The SMILES string of the molecule is CC(C)Oc1cc(C(=O)NC2C=CNN2C)cc(Oc2ccc(S(C)(=O)=O)cc2)n1. The maximum atomic E-state index is 12.7. The Balaban J connectivity index is 1.85. The number of benzene rings is 1. The second-order valence-corrected chi connectivity index (χ2v) is 9.08. The summed E-state index contributed by atoms with van der Waals surface area (Å²) in [6.45, 7) is 3.70. The van der Waals surface area contributed by atoms with E-state index in [1.165, 1.54) is 30.3 Å². The molecule has 2 aromatic rings. The molecule has 1 unspecified atom stereocenters. The molecule has 0 spiro atoms. The third-order valence-corrected chi connectivity index (χ3v) is 5.25. The third kappa shape index (κ3) is 5.49. The lowest BCUT2D eigenvalue weighted by atomic mass is 10.2. The van der Waals surface area contributed by atoms with Gasteiger partial charge in [0.05, 0.1) is 16.6 Å². The molecule has 1 atom stereocenters. The number of nitrogens with one attached hydrogen (secondary N) is 2. The summed E-state index contributed by atoms with van der Waals surface area (Å²) in [7, 11) is -1.50. The fourth-order valence-electron chi connectivity index (χ4n) is 2.67. The first kappa shape index (κ1) is 21.6. The zero-order chi connectivity index (χ0) is 21.9. The van der Waals surface area contributed by atoms with Crippen molar-refractivity contribution in [3.8, 4) is 17.5 Å². The Hall–Kier alpha value is -3.11. The predicted octanol–water partition coefficient (Wildman–Crippen LogP) is 2.08. The number of amides is 1. The van der Waals surface area contributed by atoms with Gasteiger partial charge in [0.25, 0.3) is 5.91 Å². The number of nitrogens with zero attached hydrogens (tertiary/aromatic N) is 2. The quantitative estimate of drug-likeness (QED) is 0.684. The van der Waals surface area contributed by atoms with Gasteiger partial charge < -0.3 is 20.2 Å². The topological polar surface area (TPSA) is 110 Å². The van der Waals surface area contributed by atoms with Gasteiger partial charge in [0, 0.05) is 31.6 Å². The smallest absolute Gasteiger partial charge is 0.253 e. The molecule has 160 valence electrons. The maximum absolute atomic E-state index is 12.7. The number of ether oxygens (including phenoxy) is 2. The molecule has 30 heavy (non-hydrogen) atoms. The van der Waals surface area contributed by atoms with E-state index in [1.807, 2.05) is 19.9 Å². The van der Waals surface area contributed by atoms with Crippen molar-refractivity contribution in [2.45, 2.75) is 31.0 Å². The van der Waals surface area contributed by atoms with Crippen molar-refractivity contribution in [1.29, 1.82) is 0 Å². The van der Waals surface area contributed by atoms with Crippen LogP contribution in [0.5, 0.6) is 17.5 Å². The number of carbonyl (C=O) groups is 1. The van der Waals surface area contributed by atoms with Gasteiger partial charge in [-0.15, -0.1) is 0 Å². The molecule has 3 rings (SSSR count). The van der Waals surface area contributed by atoms with Crippen LogP contribution in [0, 0.1) is 0 Å². The van der Waals surface area contributed by atoms with Crippen molar-refractivity contribution in [3.63, 3.8) is 0 Å². The summed E-state index contributed by atoms with van der Waals surface area (Å²) in [6, 6.07) is 8.99. The van der Waals surface area contributed by atoms with E-state index in [4.69, 9.17) is 9.47 Å². The van der Waals surface area contributed by atoms with E-state index in [1.54, 1.807) is 24.3 Å². The average Bonchev–Trinajstić information content (AvgIpc) is 3.05. The van der Waals surface area contributed by atoms with E-state index in [9.17, 15) is 13.2 Å². The van der Waals surface area contributed by atoms with Gasteiger partial charge in [0.1, 0.15) is 11.9 Å². The molecule has 0 radical (unpaired) electrons. The molecule has 1 aromatic carbocycles. The lowest BCUT2D eigenvalue weighted by Crippen LogP contribution is -2.45. The van der Waals surface area contributed by atoms with Crippen LogP contribution in [0.15, 0.2) is 53.6 Å². The minimum atomic E-state index is -3.31. The molecule has 0 fully saturated rings. The molecule has 2 heterocycles. The number of pyridine rings is 1. The molecular weight excluding hydrogens is 408 g/mol. The van der Waals surface area contributed by atoms with E-state index < -0.39 is 9.84 Å². The summed E-state index contributed by atoms with van der Waals surface area (Å²) in [5.41, 5.74) is 3.27. The van der Waals surface area contributed by atoms with Crippen molar-refractivity contribution < 1.29 is 22.7 Å². The zero-order valence-corrected chi connectivity index (χ0v) is 17.9. The van der Waals surface area contributed by atoms with Crippen LogP contribution in [0.4, 0.5) is 0 Å². The number of rotatable bonds is 7. The minimum absolute atomic E-state index is 0.147. The first-order chi connectivity index (χ1) is 14.1. The molecule has 2 N–H and O–H groups in total. The van der Waals surface area contributed by atoms with E-state index in [2.05, 4.69) is 15.7 Å². The molecule has 1 aliphatic rings. The second-order valence-electron chi connectivity index (χ2n) is 7.06. The standard InChI is InChI=1S/C20H24N4O5S/c1-13(2)28-18-11-14(20(25)22-17-9-10-21-24(17)3)12-19(23-18)29-15-5-7-16(8-6-15)30(4,26)27/h5-13,17,21H,1-4H3,(H,22,25). The molecule has 9 nitrogen and oxygen atoms in total. The summed E-state index contributed by atoms with van der Waals surface area (Å²) in [5.74, 6) is 0.451. The average molecular weight is 433 g/mol. The highest BCUT2D eigenvalue weighted by Gasteiger charge is 2.20. The van der Waals surface area contributed by atoms with Gasteiger partial charge in [-0.25, -0.2) is 13.4 Å². The normalized spacial score (nSPS) is 16.4. The Morgan fingerprint density at radius 1 is 1.20 bits per heavy atom. The molecule has 0 saturated carbocycles. The number of hydrogen-bond acceptors (Lipinski definition) is 8. The van der Waals surface area contributed by atoms with E-state index in [0.29, 0.717) is 11.3 Å². The molecule has 10 heteroatoms. The lowest BCUT2D eigenvalue weighted by molar-refractivity contribution is 0.0893. The van der Waals surface area contributed by atoms with Gasteiger partial charge in [0.15, 0.2) is 9.84 Å². The highest BCUT2D eigenvalue weighted by Crippen LogP contribution is 2.25. The van der Waals surface area contributed by atoms with Gasteiger partial charge in [-0.05, 0) is 44.2 Å². The van der Waals surface area contributed by atoms with Crippen LogP contribution in [-0.4, -0.2) is 49.9 Å². The molecule has 1 aromatic heterocycles. The monoisotopic (exact) mass is 432 g/mol. The summed E-state index contributed by atoms with van der Waals surface area (Å²) < 4.78 is 34.6. The van der Waals surface area contributed by atoms with Crippen LogP contribution < -0.4 is 20.2 Å². The Bertz CT molecular complexity index is 1050. The number of likely N-dealkylation sites (N-methyl/N-ethyl adjacent to an activating group) is 1. The molecule has 1 amide bonds.